The van der Waals surface area contributed by atoms with Crippen molar-refractivity contribution in [3.8, 4) is 5.75 Å². The fraction of sp³-hybridized carbons (Fsp3) is 0.529. The van der Waals surface area contributed by atoms with E-state index in [2.05, 4.69) is 24.7 Å². The van der Waals surface area contributed by atoms with Crippen LogP contribution in [0, 0.1) is 0 Å². The van der Waals surface area contributed by atoms with Gasteiger partial charge in [-0.25, -0.2) is 0 Å². The molecule has 0 aliphatic carbocycles. The van der Waals surface area contributed by atoms with E-state index in [1.54, 1.807) is 6.92 Å². The molecule has 0 saturated heterocycles. The Hall–Kier alpha value is -2.04. The molecule has 2 amide bonds. The lowest BCUT2D eigenvalue weighted by molar-refractivity contribution is -0.132. The highest BCUT2D eigenvalue weighted by Crippen LogP contribution is 2.29. The quantitative estimate of drug-likeness (QED) is 0.761. The van der Waals surface area contributed by atoms with Crippen LogP contribution in [-0.2, 0) is 9.59 Å². The molecule has 0 fully saturated rings. The SMILES string of the molecule is CCCC(=O)NNC(=O)C(C)Oc1ccccc1C(C)CC. The lowest BCUT2D eigenvalue weighted by atomic mass is 9.98. The number of hydrogen-bond donors (Lipinski definition) is 2. The van der Waals surface area contributed by atoms with Gasteiger partial charge in [0.1, 0.15) is 5.75 Å². The minimum absolute atomic E-state index is 0.206. The molecule has 2 atom stereocenters. The number of para-hydroxylation sites is 1. The minimum atomic E-state index is -0.688. The molecule has 0 aliphatic heterocycles. The molecule has 0 spiro atoms. The fourth-order valence-electron chi connectivity index (χ4n) is 1.98. The van der Waals surface area contributed by atoms with Gasteiger partial charge in [-0.3, -0.25) is 20.4 Å². The third kappa shape index (κ3) is 5.39. The standard InChI is InChI=1S/C17H26N2O3/c1-5-9-16(20)18-19-17(21)13(4)22-15-11-8-7-10-14(15)12(3)6-2/h7-8,10-13H,5-6,9H2,1-4H3,(H,18,20)(H,19,21). The molecule has 5 heteroatoms. The topological polar surface area (TPSA) is 67.4 Å². The van der Waals surface area contributed by atoms with Crippen molar-refractivity contribution in [1.29, 1.82) is 0 Å². The second-order valence-corrected chi connectivity index (χ2v) is 5.39. The van der Waals surface area contributed by atoms with E-state index in [0.717, 1.165) is 18.4 Å². The summed E-state index contributed by atoms with van der Waals surface area (Å²) in [6, 6.07) is 7.72. The molecule has 0 aliphatic rings. The summed E-state index contributed by atoms with van der Waals surface area (Å²) in [6.07, 6.45) is 1.42. The van der Waals surface area contributed by atoms with Crippen molar-refractivity contribution in [3.63, 3.8) is 0 Å². The highest BCUT2D eigenvalue weighted by atomic mass is 16.5. The van der Waals surface area contributed by atoms with Gasteiger partial charge < -0.3 is 4.74 Å². The van der Waals surface area contributed by atoms with Crippen LogP contribution >= 0.6 is 0 Å². The van der Waals surface area contributed by atoms with Gasteiger partial charge in [-0.2, -0.15) is 0 Å². The highest BCUT2D eigenvalue weighted by Gasteiger charge is 2.18. The van der Waals surface area contributed by atoms with Crippen molar-refractivity contribution in [2.24, 2.45) is 0 Å². The predicted molar refractivity (Wildman–Crippen MR) is 86.4 cm³/mol. The van der Waals surface area contributed by atoms with Gasteiger partial charge in [-0.15, -0.1) is 0 Å². The van der Waals surface area contributed by atoms with Gasteiger partial charge in [-0.1, -0.05) is 39.0 Å². The summed E-state index contributed by atoms with van der Waals surface area (Å²) in [5.41, 5.74) is 5.85. The second-order valence-electron chi connectivity index (χ2n) is 5.39. The van der Waals surface area contributed by atoms with Crippen LogP contribution < -0.4 is 15.6 Å². The maximum absolute atomic E-state index is 12.0. The van der Waals surface area contributed by atoms with E-state index in [1.807, 2.05) is 31.2 Å². The summed E-state index contributed by atoms with van der Waals surface area (Å²) in [4.78, 5) is 23.3. The smallest absolute Gasteiger partial charge is 0.279 e. The Morgan fingerprint density at radius 3 is 2.45 bits per heavy atom. The van der Waals surface area contributed by atoms with Crippen LogP contribution in [-0.4, -0.2) is 17.9 Å². The number of benzene rings is 1. The van der Waals surface area contributed by atoms with Gasteiger partial charge in [0, 0.05) is 6.42 Å². The molecule has 1 aromatic rings. The highest BCUT2D eigenvalue weighted by molar-refractivity contribution is 5.84. The molecule has 2 N–H and O–H groups in total. The van der Waals surface area contributed by atoms with E-state index in [0.29, 0.717) is 18.1 Å². The van der Waals surface area contributed by atoms with Crippen molar-refractivity contribution >= 4 is 11.8 Å². The molecule has 1 aromatic carbocycles. The predicted octanol–water partition coefficient (Wildman–Crippen LogP) is 2.91. The first kappa shape index (κ1) is 18.0. The third-order valence-corrected chi connectivity index (χ3v) is 3.54. The first-order valence-corrected chi connectivity index (χ1v) is 7.83. The third-order valence-electron chi connectivity index (χ3n) is 3.54. The van der Waals surface area contributed by atoms with Crippen LogP contribution in [0.25, 0.3) is 0 Å². The van der Waals surface area contributed by atoms with Gasteiger partial charge in [0.2, 0.25) is 5.91 Å². The summed E-state index contributed by atoms with van der Waals surface area (Å²) < 4.78 is 5.76. The number of amides is 2. The molecule has 5 nitrogen and oxygen atoms in total. The van der Waals surface area contributed by atoms with E-state index in [4.69, 9.17) is 4.74 Å². The van der Waals surface area contributed by atoms with Crippen LogP contribution in [0.5, 0.6) is 5.75 Å². The molecule has 0 saturated carbocycles. The first-order valence-electron chi connectivity index (χ1n) is 7.83. The van der Waals surface area contributed by atoms with E-state index in [9.17, 15) is 9.59 Å². The summed E-state index contributed by atoms with van der Waals surface area (Å²) in [5.74, 6) is 0.488. The Morgan fingerprint density at radius 2 is 1.82 bits per heavy atom. The van der Waals surface area contributed by atoms with E-state index in [-0.39, 0.29) is 11.8 Å². The lowest BCUT2D eigenvalue weighted by Gasteiger charge is -2.19. The molecule has 122 valence electrons. The normalized spacial score (nSPS) is 13.1. The average molecular weight is 306 g/mol. The van der Waals surface area contributed by atoms with Gasteiger partial charge in [0.15, 0.2) is 6.10 Å². The molecule has 1 rings (SSSR count). The molecular weight excluding hydrogens is 280 g/mol. The number of nitrogens with one attached hydrogen (secondary N) is 2. The van der Waals surface area contributed by atoms with Crippen LogP contribution in [0.15, 0.2) is 24.3 Å². The minimum Gasteiger partial charge on any atom is -0.481 e. The molecule has 0 aromatic heterocycles. The van der Waals surface area contributed by atoms with Gasteiger partial charge in [0.05, 0.1) is 0 Å². The van der Waals surface area contributed by atoms with Crippen molar-refractivity contribution in [3.05, 3.63) is 29.8 Å². The van der Waals surface area contributed by atoms with Crippen LogP contribution in [0.4, 0.5) is 0 Å². The molecule has 2 unspecified atom stereocenters. The zero-order chi connectivity index (χ0) is 16.5. The molecular formula is C17H26N2O3. The number of hydrazine groups is 1. The molecule has 0 radical (unpaired) electrons. The van der Waals surface area contributed by atoms with Gasteiger partial charge in [-0.05, 0) is 37.3 Å². The zero-order valence-electron chi connectivity index (χ0n) is 13.8. The Morgan fingerprint density at radius 1 is 1.14 bits per heavy atom. The van der Waals surface area contributed by atoms with Crippen LogP contribution in [0.2, 0.25) is 0 Å². The largest absolute Gasteiger partial charge is 0.481 e. The molecule has 22 heavy (non-hydrogen) atoms. The summed E-state index contributed by atoms with van der Waals surface area (Å²) >= 11 is 0. The summed E-state index contributed by atoms with van der Waals surface area (Å²) in [6.45, 7) is 7.80. The number of carbonyl (C=O) groups excluding carboxylic acids is 2. The number of hydrogen-bond acceptors (Lipinski definition) is 3. The van der Waals surface area contributed by atoms with Crippen molar-refractivity contribution in [2.75, 3.05) is 0 Å². The number of ether oxygens (including phenoxy) is 1. The number of carbonyl (C=O) groups is 2. The van der Waals surface area contributed by atoms with Gasteiger partial charge in [0.25, 0.3) is 5.91 Å². The zero-order valence-corrected chi connectivity index (χ0v) is 13.8. The van der Waals surface area contributed by atoms with Crippen molar-refractivity contribution in [2.45, 2.75) is 59.0 Å². The molecule has 0 heterocycles. The second kappa shape index (κ2) is 9.07. The lowest BCUT2D eigenvalue weighted by Crippen LogP contribution is -2.47. The first-order chi connectivity index (χ1) is 10.5. The summed E-state index contributed by atoms with van der Waals surface area (Å²) in [7, 11) is 0. The average Bonchev–Trinajstić information content (AvgIpc) is 2.52. The Balaban J connectivity index is 2.63. The van der Waals surface area contributed by atoms with Crippen molar-refractivity contribution in [1.82, 2.24) is 10.9 Å². The van der Waals surface area contributed by atoms with E-state index < -0.39 is 6.10 Å². The fourth-order valence-corrected chi connectivity index (χ4v) is 1.98. The number of rotatable bonds is 7. The maximum atomic E-state index is 12.0. The Labute approximate surface area is 132 Å². The van der Waals surface area contributed by atoms with Crippen molar-refractivity contribution < 1.29 is 14.3 Å². The van der Waals surface area contributed by atoms with E-state index in [1.165, 1.54) is 0 Å². The monoisotopic (exact) mass is 306 g/mol. The maximum Gasteiger partial charge on any atom is 0.279 e. The van der Waals surface area contributed by atoms with Crippen LogP contribution in [0.3, 0.4) is 0 Å². The van der Waals surface area contributed by atoms with Gasteiger partial charge >= 0.3 is 0 Å². The van der Waals surface area contributed by atoms with Crippen LogP contribution in [0.1, 0.15) is 58.4 Å². The van der Waals surface area contributed by atoms with E-state index >= 15 is 0 Å². The Bertz CT molecular complexity index is 502. The summed E-state index contributed by atoms with van der Waals surface area (Å²) in [5, 5.41) is 0. The molecule has 0 bridgehead atoms. The Kier molecular flexibility index (Phi) is 7.43.